The summed E-state index contributed by atoms with van der Waals surface area (Å²) in [6.45, 7) is 3.45. The topological polar surface area (TPSA) is 94.7 Å². The van der Waals surface area contributed by atoms with Crippen LogP contribution in [0.2, 0.25) is 0 Å². The van der Waals surface area contributed by atoms with Crippen LogP contribution in [-0.4, -0.2) is 51.3 Å². The Bertz CT molecular complexity index is 913. The maximum absolute atomic E-state index is 8.84. The van der Waals surface area contributed by atoms with E-state index in [4.69, 9.17) is 5.26 Å². The number of aromatic nitrogens is 5. The van der Waals surface area contributed by atoms with E-state index in [0.717, 1.165) is 55.1 Å². The van der Waals surface area contributed by atoms with E-state index >= 15 is 0 Å². The highest BCUT2D eigenvalue weighted by Crippen LogP contribution is 2.23. The first kappa shape index (κ1) is 15.2. The first-order valence-corrected chi connectivity index (χ1v) is 8.13. The second-order valence-corrected chi connectivity index (χ2v) is 5.81. The maximum Gasteiger partial charge on any atom is 0.163 e. The zero-order valence-corrected chi connectivity index (χ0v) is 13.6. The fourth-order valence-corrected chi connectivity index (χ4v) is 3.06. The van der Waals surface area contributed by atoms with Crippen LogP contribution in [0.3, 0.4) is 0 Å². The molecule has 25 heavy (non-hydrogen) atoms. The molecule has 0 saturated carbocycles. The summed E-state index contributed by atoms with van der Waals surface area (Å²) < 4.78 is 0. The largest absolute Gasteiger partial charge is 0.354 e. The Morgan fingerprint density at radius 1 is 0.960 bits per heavy atom. The molecule has 1 saturated heterocycles. The lowest BCUT2D eigenvalue weighted by Gasteiger charge is -2.23. The highest BCUT2D eigenvalue weighted by molar-refractivity contribution is 5.88. The van der Waals surface area contributed by atoms with E-state index in [2.05, 4.69) is 34.9 Å². The van der Waals surface area contributed by atoms with Crippen molar-refractivity contribution in [1.82, 2.24) is 25.1 Å². The summed E-state index contributed by atoms with van der Waals surface area (Å²) >= 11 is 0. The van der Waals surface area contributed by atoms with Crippen LogP contribution < -0.4 is 9.80 Å². The monoisotopic (exact) mass is 332 g/mol. The van der Waals surface area contributed by atoms with Gasteiger partial charge in [-0.2, -0.15) is 5.26 Å². The Morgan fingerprint density at radius 2 is 1.84 bits per heavy atom. The lowest BCUT2D eigenvalue weighted by Crippen LogP contribution is -2.31. The van der Waals surface area contributed by atoms with Crippen LogP contribution in [-0.2, 0) is 0 Å². The molecule has 0 N–H and O–H groups in total. The van der Waals surface area contributed by atoms with Crippen molar-refractivity contribution in [1.29, 1.82) is 5.26 Å². The zero-order valence-electron chi connectivity index (χ0n) is 13.6. The lowest BCUT2D eigenvalue weighted by molar-refractivity contribution is 0.784. The van der Waals surface area contributed by atoms with Gasteiger partial charge in [0, 0.05) is 37.8 Å². The van der Waals surface area contributed by atoms with Crippen LogP contribution in [0.4, 0.5) is 11.6 Å². The van der Waals surface area contributed by atoms with Gasteiger partial charge in [0.1, 0.15) is 18.2 Å². The van der Waals surface area contributed by atoms with Crippen molar-refractivity contribution in [3.8, 4) is 6.07 Å². The lowest BCUT2D eigenvalue weighted by atomic mass is 10.2. The molecular formula is C17H16N8. The van der Waals surface area contributed by atoms with Crippen LogP contribution in [0, 0.1) is 11.3 Å². The zero-order chi connectivity index (χ0) is 17.1. The van der Waals surface area contributed by atoms with E-state index in [9.17, 15) is 0 Å². The number of hydrogen-bond donors (Lipinski definition) is 0. The Labute approximate surface area is 144 Å². The van der Waals surface area contributed by atoms with Gasteiger partial charge in [-0.25, -0.2) is 9.97 Å². The summed E-state index contributed by atoms with van der Waals surface area (Å²) in [5.41, 5.74) is 1.19. The molecule has 0 bridgehead atoms. The third-order valence-electron chi connectivity index (χ3n) is 4.30. The van der Waals surface area contributed by atoms with Gasteiger partial charge in [0.2, 0.25) is 0 Å². The molecule has 1 aliphatic heterocycles. The van der Waals surface area contributed by atoms with Crippen molar-refractivity contribution in [2.24, 2.45) is 0 Å². The molecule has 8 heteroatoms. The van der Waals surface area contributed by atoms with Gasteiger partial charge < -0.3 is 9.80 Å². The molecule has 0 aromatic carbocycles. The van der Waals surface area contributed by atoms with E-state index < -0.39 is 0 Å². The molecule has 0 radical (unpaired) electrons. The predicted molar refractivity (Wildman–Crippen MR) is 93.1 cm³/mol. The summed E-state index contributed by atoms with van der Waals surface area (Å²) in [5.74, 6) is 1.75. The summed E-state index contributed by atoms with van der Waals surface area (Å²) in [6.07, 6.45) is 6.11. The Kier molecular flexibility index (Phi) is 4.04. The van der Waals surface area contributed by atoms with Gasteiger partial charge in [0.25, 0.3) is 0 Å². The van der Waals surface area contributed by atoms with E-state index in [-0.39, 0.29) is 0 Å². The fraction of sp³-hybridized carbons (Fsp3) is 0.294. The minimum absolute atomic E-state index is 0.335. The van der Waals surface area contributed by atoms with Crippen LogP contribution in [0.15, 0.2) is 36.9 Å². The first-order valence-electron chi connectivity index (χ1n) is 8.13. The minimum atomic E-state index is 0.335. The smallest absolute Gasteiger partial charge is 0.163 e. The van der Waals surface area contributed by atoms with Crippen LogP contribution in [0.5, 0.6) is 0 Å². The van der Waals surface area contributed by atoms with Crippen molar-refractivity contribution in [3.63, 3.8) is 0 Å². The highest BCUT2D eigenvalue weighted by Gasteiger charge is 2.19. The second kappa shape index (κ2) is 6.65. The van der Waals surface area contributed by atoms with Crippen molar-refractivity contribution in [2.75, 3.05) is 36.0 Å². The summed E-state index contributed by atoms with van der Waals surface area (Å²) in [7, 11) is 0. The van der Waals surface area contributed by atoms with Gasteiger partial charge in [-0.3, -0.25) is 4.98 Å². The quantitative estimate of drug-likeness (QED) is 0.695. The number of nitrogens with zero attached hydrogens (tertiary/aromatic N) is 8. The summed E-state index contributed by atoms with van der Waals surface area (Å²) in [4.78, 5) is 17.4. The SMILES string of the molecule is N#Cc1ccc(N2CCCN(c3ncnc4cnccc34)CC2)nn1. The predicted octanol–water partition coefficient (Wildman–Crippen LogP) is 1.40. The van der Waals surface area contributed by atoms with Gasteiger partial charge in [0.05, 0.1) is 11.7 Å². The number of fused-ring (bicyclic) bond motifs is 1. The standard InChI is InChI=1S/C17H16N8/c18-10-13-2-3-16(23-22-13)24-6-1-7-25(9-8-24)17-14-4-5-19-11-15(14)20-12-21-17/h2-5,11-12H,1,6-9H2. The molecule has 0 unspecified atom stereocenters. The number of nitriles is 1. The van der Waals surface area contributed by atoms with E-state index in [0.29, 0.717) is 5.69 Å². The Hall–Kier alpha value is -3.34. The molecule has 4 heterocycles. The maximum atomic E-state index is 8.84. The molecule has 8 nitrogen and oxygen atoms in total. The average Bonchev–Trinajstić information content (AvgIpc) is 2.94. The van der Waals surface area contributed by atoms with Crippen LogP contribution >= 0.6 is 0 Å². The van der Waals surface area contributed by atoms with Crippen molar-refractivity contribution in [3.05, 3.63) is 42.6 Å². The minimum Gasteiger partial charge on any atom is -0.354 e. The molecular weight excluding hydrogens is 316 g/mol. The third kappa shape index (κ3) is 3.04. The molecule has 4 rings (SSSR count). The average molecular weight is 332 g/mol. The van der Waals surface area contributed by atoms with E-state index in [1.54, 1.807) is 24.8 Å². The van der Waals surface area contributed by atoms with Gasteiger partial charge in [-0.1, -0.05) is 0 Å². The number of rotatable bonds is 2. The molecule has 124 valence electrons. The van der Waals surface area contributed by atoms with E-state index in [1.165, 1.54) is 0 Å². The molecule has 3 aromatic rings. The summed E-state index contributed by atoms with van der Waals surface area (Å²) in [6, 6.07) is 7.51. The number of anilines is 2. The van der Waals surface area contributed by atoms with Gasteiger partial charge in [-0.05, 0) is 24.6 Å². The number of hydrogen-bond acceptors (Lipinski definition) is 8. The Balaban J connectivity index is 1.55. The van der Waals surface area contributed by atoms with Crippen LogP contribution in [0.25, 0.3) is 10.9 Å². The van der Waals surface area contributed by atoms with Crippen molar-refractivity contribution in [2.45, 2.75) is 6.42 Å². The van der Waals surface area contributed by atoms with Gasteiger partial charge in [-0.15, -0.1) is 10.2 Å². The van der Waals surface area contributed by atoms with Gasteiger partial charge in [0.15, 0.2) is 11.5 Å². The highest BCUT2D eigenvalue weighted by atomic mass is 15.3. The number of pyridine rings is 1. The molecule has 1 aliphatic rings. The summed E-state index contributed by atoms with van der Waals surface area (Å²) in [5, 5.41) is 18.0. The fourth-order valence-electron chi connectivity index (χ4n) is 3.06. The van der Waals surface area contributed by atoms with Crippen LogP contribution in [0.1, 0.15) is 12.1 Å². The van der Waals surface area contributed by atoms with Gasteiger partial charge >= 0.3 is 0 Å². The molecule has 0 aliphatic carbocycles. The molecule has 3 aromatic heterocycles. The van der Waals surface area contributed by atoms with Crippen molar-refractivity contribution >= 4 is 22.5 Å². The Morgan fingerprint density at radius 3 is 2.68 bits per heavy atom. The molecule has 1 fully saturated rings. The van der Waals surface area contributed by atoms with Crippen molar-refractivity contribution < 1.29 is 0 Å². The van der Waals surface area contributed by atoms with E-state index in [1.807, 2.05) is 18.2 Å². The second-order valence-electron chi connectivity index (χ2n) is 5.81. The third-order valence-corrected chi connectivity index (χ3v) is 4.30. The first-order chi connectivity index (χ1) is 12.3. The molecule has 0 spiro atoms. The normalized spacial score (nSPS) is 15.0. The molecule has 0 amide bonds. The molecule has 0 atom stereocenters.